The molecule has 1 aromatic rings. The van der Waals surface area contributed by atoms with E-state index in [-0.39, 0.29) is 17.7 Å². The number of piperidine rings is 1. The Hall–Kier alpha value is -2.04. The lowest BCUT2D eigenvalue weighted by molar-refractivity contribution is -0.136. The molecule has 138 valence electrons. The molecule has 0 spiro atoms. The van der Waals surface area contributed by atoms with E-state index in [4.69, 9.17) is 0 Å². The van der Waals surface area contributed by atoms with Gasteiger partial charge < -0.3 is 14.7 Å². The van der Waals surface area contributed by atoms with Gasteiger partial charge in [0.05, 0.1) is 0 Å². The molecule has 2 rings (SSSR count). The van der Waals surface area contributed by atoms with Crippen molar-refractivity contribution in [3.05, 3.63) is 29.8 Å². The minimum Gasteiger partial charge on any atom is -0.375 e. The molecule has 0 N–H and O–H groups in total. The second kappa shape index (κ2) is 8.88. The maximum absolute atomic E-state index is 12.7. The van der Waals surface area contributed by atoms with Gasteiger partial charge in [0.15, 0.2) is 0 Å². The summed E-state index contributed by atoms with van der Waals surface area (Å²) in [6.45, 7) is 9.89. The summed E-state index contributed by atoms with van der Waals surface area (Å²) in [7, 11) is 2.04. The third kappa shape index (κ3) is 4.53. The molecule has 1 heterocycles. The summed E-state index contributed by atoms with van der Waals surface area (Å²) in [4.78, 5) is 31.1. The van der Waals surface area contributed by atoms with Crippen LogP contribution in [0.5, 0.6) is 0 Å². The zero-order valence-corrected chi connectivity index (χ0v) is 16.0. The van der Waals surface area contributed by atoms with Crippen molar-refractivity contribution in [2.24, 2.45) is 5.92 Å². The average Bonchev–Trinajstić information content (AvgIpc) is 2.68. The number of likely N-dealkylation sites (tertiary alicyclic amines) is 1. The van der Waals surface area contributed by atoms with E-state index in [2.05, 4.69) is 11.8 Å². The molecule has 0 bridgehead atoms. The zero-order chi connectivity index (χ0) is 18.4. The van der Waals surface area contributed by atoms with E-state index in [1.807, 2.05) is 55.0 Å². The lowest BCUT2D eigenvalue weighted by atomic mass is 9.94. The van der Waals surface area contributed by atoms with E-state index in [9.17, 15) is 9.59 Å². The number of hydrogen-bond donors (Lipinski definition) is 0. The number of benzene rings is 1. The molecule has 1 aliphatic heterocycles. The molecule has 2 amide bonds. The van der Waals surface area contributed by atoms with Crippen LogP contribution in [0.15, 0.2) is 24.3 Å². The van der Waals surface area contributed by atoms with Crippen LogP contribution in [0.2, 0.25) is 0 Å². The second-order valence-corrected chi connectivity index (χ2v) is 6.64. The highest BCUT2D eigenvalue weighted by atomic mass is 16.2. The van der Waals surface area contributed by atoms with Crippen molar-refractivity contribution in [2.45, 2.75) is 33.6 Å². The SMILES string of the molecule is CCN(CC)C(=O)C1CCN(C(=O)c2ccc(N(C)CC)cc2)CC1. The van der Waals surface area contributed by atoms with Gasteiger partial charge in [0.2, 0.25) is 5.91 Å². The molecule has 0 aromatic heterocycles. The predicted molar refractivity (Wildman–Crippen MR) is 102 cm³/mol. The maximum Gasteiger partial charge on any atom is 0.253 e. The van der Waals surface area contributed by atoms with Gasteiger partial charge in [0.25, 0.3) is 5.91 Å². The van der Waals surface area contributed by atoms with E-state index < -0.39 is 0 Å². The number of amides is 2. The van der Waals surface area contributed by atoms with Crippen LogP contribution in [-0.4, -0.2) is 61.4 Å². The van der Waals surface area contributed by atoms with Crippen LogP contribution >= 0.6 is 0 Å². The molecule has 1 fully saturated rings. The van der Waals surface area contributed by atoms with Gasteiger partial charge in [-0.1, -0.05) is 0 Å². The van der Waals surface area contributed by atoms with Gasteiger partial charge in [-0.05, 0) is 57.9 Å². The van der Waals surface area contributed by atoms with E-state index in [0.29, 0.717) is 13.1 Å². The van der Waals surface area contributed by atoms with Crippen LogP contribution < -0.4 is 4.90 Å². The number of anilines is 1. The van der Waals surface area contributed by atoms with Crippen LogP contribution in [0.25, 0.3) is 0 Å². The first kappa shape index (κ1) is 19.3. The smallest absolute Gasteiger partial charge is 0.253 e. The Morgan fingerprint density at radius 3 is 2.04 bits per heavy atom. The molecule has 1 aromatic carbocycles. The van der Waals surface area contributed by atoms with Crippen molar-refractivity contribution >= 4 is 17.5 Å². The largest absolute Gasteiger partial charge is 0.375 e. The first-order valence-corrected chi connectivity index (χ1v) is 9.41. The molecule has 25 heavy (non-hydrogen) atoms. The van der Waals surface area contributed by atoms with Crippen LogP contribution in [0.4, 0.5) is 5.69 Å². The van der Waals surface area contributed by atoms with Crippen LogP contribution in [0.3, 0.4) is 0 Å². The predicted octanol–water partition coefficient (Wildman–Crippen LogP) is 2.86. The molecule has 1 aliphatic rings. The Bertz CT molecular complexity index is 573. The van der Waals surface area contributed by atoms with Crippen LogP contribution in [0.1, 0.15) is 44.0 Å². The van der Waals surface area contributed by atoms with Crippen molar-refractivity contribution in [1.29, 1.82) is 0 Å². The van der Waals surface area contributed by atoms with Crippen molar-refractivity contribution in [3.8, 4) is 0 Å². The number of carbonyl (C=O) groups is 2. The molecular weight excluding hydrogens is 314 g/mol. The molecule has 0 atom stereocenters. The second-order valence-electron chi connectivity index (χ2n) is 6.64. The highest BCUT2D eigenvalue weighted by Gasteiger charge is 2.29. The minimum atomic E-state index is 0.0597. The van der Waals surface area contributed by atoms with Gasteiger partial charge in [-0.15, -0.1) is 0 Å². The van der Waals surface area contributed by atoms with Gasteiger partial charge in [0, 0.05) is 56.9 Å². The molecule has 0 saturated carbocycles. The Morgan fingerprint density at radius 2 is 1.56 bits per heavy atom. The summed E-state index contributed by atoms with van der Waals surface area (Å²) in [5.74, 6) is 0.369. The highest BCUT2D eigenvalue weighted by molar-refractivity contribution is 5.94. The number of hydrogen-bond acceptors (Lipinski definition) is 3. The number of nitrogens with zero attached hydrogens (tertiary/aromatic N) is 3. The summed E-state index contributed by atoms with van der Waals surface area (Å²) in [5, 5.41) is 0. The number of carbonyl (C=O) groups excluding carboxylic acids is 2. The standard InChI is InChI=1S/C20H31N3O2/c1-5-21(4)18-10-8-16(9-11-18)20(25)23-14-12-17(13-15-23)19(24)22(6-2)7-3/h8-11,17H,5-7,12-15H2,1-4H3. The lowest BCUT2D eigenvalue weighted by Crippen LogP contribution is -2.44. The summed E-state index contributed by atoms with van der Waals surface area (Å²) in [6, 6.07) is 7.79. The van der Waals surface area contributed by atoms with Crippen LogP contribution in [-0.2, 0) is 4.79 Å². The third-order valence-corrected chi connectivity index (χ3v) is 5.24. The molecule has 5 nitrogen and oxygen atoms in total. The summed E-state index contributed by atoms with van der Waals surface area (Å²) >= 11 is 0. The molecule has 5 heteroatoms. The van der Waals surface area contributed by atoms with Crippen molar-refractivity contribution in [1.82, 2.24) is 9.80 Å². The van der Waals surface area contributed by atoms with E-state index >= 15 is 0 Å². The minimum absolute atomic E-state index is 0.0597. The average molecular weight is 345 g/mol. The first-order chi connectivity index (χ1) is 12.0. The fourth-order valence-electron chi connectivity index (χ4n) is 3.35. The molecule has 0 radical (unpaired) electrons. The Morgan fingerprint density at radius 1 is 1.00 bits per heavy atom. The normalized spacial score (nSPS) is 15.1. The Labute approximate surface area is 151 Å². The summed E-state index contributed by atoms with van der Waals surface area (Å²) in [5.41, 5.74) is 1.84. The van der Waals surface area contributed by atoms with Crippen LogP contribution in [0, 0.1) is 5.92 Å². The van der Waals surface area contributed by atoms with Crippen molar-refractivity contribution in [3.63, 3.8) is 0 Å². The topological polar surface area (TPSA) is 43.9 Å². The van der Waals surface area contributed by atoms with E-state index in [1.54, 1.807) is 0 Å². The fourth-order valence-corrected chi connectivity index (χ4v) is 3.35. The first-order valence-electron chi connectivity index (χ1n) is 9.41. The quantitative estimate of drug-likeness (QED) is 0.796. The highest BCUT2D eigenvalue weighted by Crippen LogP contribution is 2.22. The van der Waals surface area contributed by atoms with Crippen molar-refractivity contribution in [2.75, 3.05) is 44.7 Å². The van der Waals surface area contributed by atoms with Gasteiger partial charge in [-0.2, -0.15) is 0 Å². The Balaban J connectivity index is 1.94. The fraction of sp³-hybridized carbons (Fsp3) is 0.600. The third-order valence-electron chi connectivity index (χ3n) is 5.24. The van der Waals surface area contributed by atoms with Gasteiger partial charge in [0.1, 0.15) is 0 Å². The molecular formula is C20H31N3O2. The molecule has 1 saturated heterocycles. The van der Waals surface area contributed by atoms with E-state index in [1.165, 1.54) is 0 Å². The van der Waals surface area contributed by atoms with E-state index in [0.717, 1.165) is 43.7 Å². The molecule has 0 unspecified atom stereocenters. The summed E-state index contributed by atoms with van der Waals surface area (Å²) in [6.07, 6.45) is 1.52. The number of rotatable bonds is 6. The van der Waals surface area contributed by atoms with Gasteiger partial charge in [-0.25, -0.2) is 0 Å². The molecule has 0 aliphatic carbocycles. The summed E-state index contributed by atoms with van der Waals surface area (Å²) < 4.78 is 0. The van der Waals surface area contributed by atoms with Gasteiger partial charge in [-0.3, -0.25) is 9.59 Å². The van der Waals surface area contributed by atoms with Gasteiger partial charge >= 0.3 is 0 Å². The maximum atomic E-state index is 12.7. The lowest BCUT2D eigenvalue weighted by Gasteiger charge is -2.33. The Kier molecular flexibility index (Phi) is 6.85. The van der Waals surface area contributed by atoms with Crippen molar-refractivity contribution < 1.29 is 9.59 Å². The monoisotopic (exact) mass is 345 g/mol. The zero-order valence-electron chi connectivity index (χ0n) is 16.0.